The number of methoxy groups -OCH3 is 2. The van der Waals surface area contributed by atoms with E-state index in [1.165, 1.54) is 0 Å². The summed E-state index contributed by atoms with van der Waals surface area (Å²) in [5.41, 5.74) is 5.30. The molecule has 2 aliphatic heterocycles. The molecule has 57 heavy (non-hydrogen) atoms. The zero-order chi connectivity index (χ0) is 40.9. The monoisotopic (exact) mass is 817 g/mol. The maximum Gasteiger partial charge on any atom is 0.410 e. The number of aromatic nitrogens is 2. The van der Waals surface area contributed by atoms with Crippen molar-refractivity contribution in [3.63, 3.8) is 0 Å². The van der Waals surface area contributed by atoms with Crippen LogP contribution in [0.4, 0.5) is 4.79 Å². The molecular weight excluding hydrogens is 765 g/mol. The molecule has 4 aromatic rings. The number of likely N-dealkylation sites (tertiary alicyclic amines) is 1. The fourth-order valence-electron chi connectivity index (χ4n) is 7.59. The van der Waals surface area contributed by atoms with Crippen molar-refractivity contribution in [2.75, 3.05) is 47.6 Å². The van der Waals surface area contributed by atoms with Gasteiger partial charge in [0.1, 0.15) is 11.4 Å². The van der Waals surface area contributed by atoms with E-state index in [-0.39, 0.29) is 18.5 Å². The minimum absolute atomic E-state index is 0.0314. The van der Waals surface area contributed by atoms with Crippen LogP contribution in [0.25, 0.3) is 33.6 Å². The van der Waals surface area contributed by atoms with Gasteiger partial charge in [0.15, 0.2) is 0 Å². The van der Waals surface area contributed by atoms with Gasteiger partial charge < -0.3 is 28.7 Å². The maximum atomic E-state index is 13.6. The van der Waals surface area contributed by atoms with E-state index < -0.39 is 11.7 Å². The predicted molar refractivity (Wildman–Crippen MR) is 224 cm³/mol. The zero-order valence-electron chi connectivity index (χ0n) is 33.9. The van der Waals surface area contributed by atoms with Crippen molar-refractivity contribution in [3.05, 3.63) is 82.0 Å². The molecule has 2 aromatic heterocycles. The van der Waals surface area contributed by atoms with E-state index in [0.29, 0.717) is 70.4 Å². The fraction of sp³-hybridized carbons (Fsp3) is 0.455. The molecule has 2 amide bonds. The summed E-state index contributed by atoms with van der Waals surface area (Å²) in [6.07, 6.45) is 4.62. The molecule has 2 fully saturated rings. The number of ether oxygens (including phenoxy) is 4. The first-order chi connectivity index (χ1) is 27.3. The van der Waals surface area contributed by atoms with Crippen LogP contribution in [0.1, 0.15) is 64.5 Å². The Balaban J connectivity index is 1.26. The van der Waals surface area contributed by atoms with Gasteiger partial charge in [-0.1, -0.05) is 53.5 Å². The number of hydrogen-bond acceptors (Lipinski definition) is 9. The summed E-state index contributed by atoms with van der Waals surface area (Å²) in [6, 6.07) is 17.8. The van der Waals surface area contributed by atoms with Crippen molar-refractivity contribution >= 4 is 35.2 Å². The van der Waals surface area contributed by atoms with E-state index in [0.717, 1.165) is 60.6 Å². The number of piperidine rings is 1. The molecule has 0 aliphatic carbocycles. The highest BCUT2D eigenvalue weighted by Crippen LogP contribution is 2.42. The molecule has 2 aliphatic rings. The van der Waals surface area contributed by atoms with Crippen LogP contribution >= 0.6 is 23.2 Å². The molecule has 2 saturated heterocycles. The SMILES string of the molecule is COc1cc(-c2nccc(-c3cccc(-c4ccc(CN(C(=O)OC(C)(C)C)C5CCN(C(C)=O)CC5)c(OC)n4)c3Cl)c2Cl)ccc1CN(C)C1CCOCC1. The highest BCUT2D eigenvalue weighted by atomic mass is 35.5. The minimum Gasteiger partial charge on any atom is -0.496 e. The molecule has 0 spiro atoms. The highest BCUT2D eigenvalue weighted by Gasteiger charge is 2.33. The third-order valence-corrected chi connectivity index (χ3v) is 11.5. The molecular formula is C44H53Cl2N5O6. The van der Waals surface area contributed by atoms with E-state index in [9.17, 15) is 9.59 Å². The molecule has 0 saturated carbocycles. The molecule has 2 aromatic carbocycles. The van der Waals surface area contributed by atoms with Crippen molar-refractivity contribution in [2.24, 2.45) is 0 Å². The Hall–Kier alpha value is -4.42. The van der Waals surface area contributed by atoms with Crippen LogP contribution in [0.5, 0.6) is 11.6 Å². The molecule has 0 unspecified atom stereocenters. The van der Waals surface area contributed by atoms with Crippen molar-refractivity contribution in [1.29, 1.82) is 0 Å². The number of rotatable bonds is 11. The Bertz CT molecular complexity index is 2060. The topological polar surface area (TPSA) is 107 Å². The van der Waals surface area contributed by atoms with Crippen LogP contribution in [0, 0.1) is 0 Å². The molecule has 0 radical (unpaired) electrons. The molecule has 4 heterocycles. The number of carbonyl (C=O) groups is 2. The van der Waals surface area contributed by atoms with Gasteiger partial charge in [0.05, 0.1) is 42.2 Å². The van der Waals surface area contributed by atoms with E-state index >= 15 is 0 Å². The summed E-state index contributed by atoms with van der Waals surface area (Å²) in [5.74, 6) is 1.17. The molecule has 0 bridgehead atoms. The second kappa shape index (κ2) is 18.4. The summed E-state index contributed by atoms with van der Waals surface area (Å²) >= 11 is 14.4. The first-order valence-corrected chi connectivity index (χ1v) is 20.2. The summed E-state index contributed by atoms with van der Waals surface area (Å²) in [6.45, 7) is 10.8. The molecule has 304 valence electrons. The second-order valence-corrected chi connectivity index (χ2v) is 16.4. The van der Waals surface area contributed by atoms with Crippen LogP contribution < -0.4 is 9.47 Å². The van der Waals surface area contributed by atoms with Crippen molar-refractivity contribution in [3.8, 4) is 45.3 Å². The number of amides is 2. The van der Waals surface area contributed by atoms with Gasteiger partial charge in [-0.15, -0.1) is 0 Å². The number of halogens is 2. The summed E-state index contributed by atoms with van der Waals surface area (Å²) < 4.78 is 23.1. The third-order valence-electron chi connectivity index (χ3n) is 10.7. The van der Waals surface area contributed by atoms with Gasteiger partial charge in [-0.25, -0.2) is 9.78 Å². The lowest BCUT2D eigenvalue weighted by Crippen LogP contribution is -2.49. The van der Waals surface area contributed by atoms with Gasteiger partial charge in [0.2, 0.25) is 11.8 Å². The minimum atomic E-state index is -0.679. The lowest BCUT2D eigenvalue weighted by Gasteiger charge is -2.39. The Morgan fingerprint density at radius 3 is 2.21 bits per heavy atom. The Kier molecular flexibility index (Phi) is 13.7. The predicted octanol–water partition coefficient (Wildman–Crippen LogP) is 9.16. The molecule has 0 atom stereocenters. The number of pyridine rings is 2. The van der Waals surface area contributed by atoms with E-state index in [2.05, 4.69) is 23.0 Å². The van der Waals surface area contributed by atoms with E-state index in [1.54, 1.807) is 32.2 Å². The zero-order valence-corrected chi connectivity index (χ0v) is 35.5. The van der Waals surface area contributed by atoms with Gasteiger partial charge in [-0.2, -0.15) is 0 Å². The lowest BCUT2D eigenvalue weighted by atomic mass is 9.98. The Morgan fingerprint density at radius 1 is 0.860 bits per heavy atom. The van der Waals surface area contributed by atoms with Crippen LogP contribution in [0.15, 0.2) is 60.8 Å². The average Bonchev–Trinajstić information content (AvgIpc) is 3.20. The summed E-state index contributed by atoms with van der Waals surface area (Å²) in [4.78, 5) is 41.0. The fourth-order valence-corrected chi connectivity index (χ4v) is 8.24. The highest BCUT2D eigenvalue weighted by molar-refractivity contribution is 6.39. The van der Waals surface area contributed by atoms with Crippen LogP contribution in [-0.4, -0.2) is 102 Å². The number of hydrogen-bond donors (Lipinski definition) is 0. The third kappa shape index (κ3) is 10.0. The van der Waals surface area contributed by atoms with Crippen LogP contribution in [0.3, 0.4) is 0 Å². The van der Waals surface area contributed by atoms with Gasteiger partial charge in [-0.3, -0.25) is 14.7 Å². The van der Waals surface area contributed by atoms with E-state index in [1.807, 2.05) is 74.2 Å². The Morgan fingerprint density at radius 2 is 1.54 bits per heavy atom. The summed E-state index contributed by atoms with van der Waals surface area (Å²) in [5, 5.41) is 0.929. The standard InChI is InChI=1S/C44H53Cl2N5O6/c1-28(52)50-21-16-33(17-22-50)51(43(53)57-44(2,3)4)27-31-13-14-37(48-42(31)55-7)36-10-8-9-34(39(36)45)35-15-20-47-41(40(35)46)29-11-12-30(38(25-29)54-6)26-49(5)32-18-23-56-24-19-32/h8-15,20,25,32-33H,16-19,21-24,26-27H2,1-7H3. The van der Waals surface area contributed by atoms with Gasteiger partial charge in [0, 0.05) is 91.4 Å². The number of benzene rings is 2. The normalized spacial score (nSPS) is 15.4. The number of nitrogens with zero attached hydrogens (tertiary/aromatic N) is 5. The smallest absolute Gasteiger partial charge is 0.410 e. The largest absolute Gasteiger partial charge is 0.496 e. The average molecular weight is 819 g/mol. The van der Waals surface area contributed by atoms with Crippen molar-refractivity contribution in [2.45, 2.75) is 84.2 Å². The van der Waals surface area contributed by atoms with Gasteiger partial charge >= 0.3 is 6.09 Å². The molecule has 6 rings (SSSR count). The second-order valence-electron chi connectivity index (χ2n) is 15.7. The van der Waals surface area contributed by atoms with E-state index in [4.69, 9.17) is 47.1 Å². The Labute approximate surface area is 346 Å². The first kappa shape index (κ1) is 42.2. The van der Waals surface area contributed by atoms with Gasteiger partial charge in [-0.05, 0) is 77.8 Å². The first-order valence-electron chi connectivity index (χ1n) is 19.5. The lowest BCUT2D eigenvalue weighted by molar-refractivity contribution is -0.130. The molecule has 0 N–H and O–H groups in total. The molecule has 13 heteroatoms. The number of carbonyl (C=O) groups excluding carboxylic acids is 2. The van der Waals surface area contributed by atoms with Gasteiger partial charge in [0.25, 0.3) is 0 Å². The molecule has 11 nitrogen and oxygen atoms in total. The maximum absolute atomic E-state index is 13.6. The van der Waals surface area contributed by atoms with Crippen molar-refractivity contribution < 1.29 is 28.5 Å². The van der Waals surface area contributed by atoms with Crippen LogP contribution in [0.2, 0.25) is 10.0 Å². The summed E-state index contributed by atoms with van der Waals surface area (Å²) in [7, 11) is 5.38. The van der Waals surface area contributed by atoms with Crippen molar-refractivity contribution in [1.82, 2.24) is 24.7 Å². The van der Waals surface area contributed by atoms with Crippen LogP contribution in [-0.2, 0) is 27.4 Å². The quantitative estimate of drug-likeness (QED) is 0.147.